The molecule has 254 valence electrons. The summed E-state index contributed by atoms with van der Waals surface area (Å²) in [7, 11) is 0. The van der Waals surface area contributed by atoms with Gasteiger partial charge in [-0.25, -0.2) is 20.2 Å². The fourth-order valence-corrected chi connectivity index (χ4v) is 5.08. The van der Waals surface area contributed by atoms with Gasteiger partial charge in [-0.1, -0.05) is 42.5 Å². The summed E-state index contributed by atoms with van der Waals surface area (Å²) in [4.78, 5) is 76.7. The molecule has 4 amide bonds. The van der Waals surface area contributed by atoms with Crippen molar-refractivity contribution in [3.63, 3.8) is 0 Å². The molecule has 1 aliphatic rings. The molecule has 2 aromatic carbocycles. The number of unbranched alkanes of at least 4 members (excludes halogenated alkanes) is 1. The standard InChI is InChI=1S/C31H41N7O9/c32-38-25-12-10-21(17-34-25)27(41)35-24(16-18-8-9-19-5-1-2-6-20(19)15-18)28(42)33-14-4-3-7-22(29(43)44)36-31(47)37-23(30(45)46)11-13-26(39)40/h1-2,5-6,8-9,15,21-24H,3-4,7,10-14,16-17,32H2,(H,33,42)(H,34,38)(H,35,41)(H,39,40)(H,43,44)(H,45,46)(H2,36,37,47)/t21?,22-,23-,24-/m0/s1. The predicted octanol–water partition coefficient (Wildman–Crippen LogP) is 0.496. The molecular formula is C31H41N7O9. The SMILES string of the molecule is NNC1=NCC(C(=O)N[C@@H](Cc2ccc3ccccc3c2)C(=O)NCCCC[C@H](NC(=O)N[C@@H](CCC(=O)O)C(=O)O)C(=O)O)CC1. The summed E-state index contributed by atoms with van der Waals surface area (Å²) in [6.45, 7) is 0.406. The molecule has 0 bridgehead atoms. The lowest BCUT2D eigenvalue weighted by molar-refractivity contribution is -0.141. The monoisotopic (exact) mass is 655 g/mol. The minimum Gasteiger partial charge on any atom is -0.481 e. The summed E-state index contributed by atoms with van der Waals surface area (Å²) in [6, 6.07) is 8.79. The van der Waals surface area contributed by atoms with Crippen molar-refractivity contribution in [1.82, 2.24) is 26.7 Å². The normalized spacial score (nSPS) is 16.1. The second-order valence-electron chi connectivity index (χ2n) is 11.2. The number of amidine groups is 1. The third-order valence-electron chi connectivity index (χ3n) is 7.73. The average molecular weight is 656 g/mol. The fraction of sp³-hybridized carbons (Fsp3) is 0.452. The smallest absolute Gasteiger partial charge is 0.326 e. The molecule has 0 aliphatic carbocycles. The van der Waals surface area contributed by atoms with E-state index in [4.69, 9.17) is 10.9 Å². The van der Waals surface area contributed by atoms with E-state index >= 15 is 0 Å². The molecular weight excluding hydrogens is 614 g/mol. The van der Waals surface area contributed by atoms with Gasteiger partial charge >= 0.3 is 23.9 Å². The lowest BCUT2D eigenvalue weighted by Crippen LogP contribution is -2.51. The van der Waals surface area contributed by atoms with Gasteiger partial charge in [0.15, 0.2) is 0 Å². The van der Waals surface area contributed by atoms with E-state index in [2.05, 4.69) is 31.7 Å². The van der Waals surface area contributed by atoms with Crippen LogP contribution in [-0.4, -0.2) is 88.1 Å². The molecule has 0 fully saturated rings. The number of hydrogen-bond donors (Lipinski definition) is 9. The number of carboxylic acids is 3. The molecule has 4 atom stereocenters. The molecule has 47 heavy (non-hydrogen) atoms. The highest BCUT2D eigenvalue weighted by Gasteiger charge is 2.28. The summed E-state index contributed by atoms with van der Waals surface area (Å²) in [5, 5.41) is 39.5. The minimum absolute atomic E-state index is 0.0232. The summed E-state index contributed by atoms with van der Waals surface area (Å²) >= 11 is 0. The molecule has 0 radical (unpaired) electrons. The highest BCUT2D eigenvalue weighted by Crippen LogP contribution is 2.18. The first-order valence-electron chi connectivity index (χ1n) is 15.3. The molecule has 0 spiro atoms. The van der Waals surface area contributed by atoms with Crippen LogP contribution in [0.3, 0.4) is 0 Å². The summed E-state index contributed by atoms with van der Waals surface area (Å²) < 4.78 is 0. The molecule has 0 saturated carbocycles. The maximum Gasteiger partial charge on any atom is 0.326 e. The second kappa shape index (κ2) is 18.0. The summed E-state index contributed by atoms with van der Waals surface area (Å²) in [5.74, 6) is 0.857. The lowest BCUT2D eigenvalue weighted by Gasteiger charge is -2.24. The Kier molecular flexibility index (Phi) is 13.9. The topological polar surface area (TPSA) is 262 Å². The van der Waals surface area contributed by atoms with Crippen LogP contribution in [0.4, 0.5) is 4.79 Å². The molecule has 10 N–H and O–H groups in total. The summed E-state index contributed by atoms with van der Waals surface area (Å²) in [6.07, 6.45) is 0.989. The molecule has 16 heteroatoms. The zero-order chi connectivity index (χ0) is 34.3. The number of nitrogens with two attached hydrogens (primary N) is 1. The number of hydrazine groups is 1. The second-order valence-corrected chi connectivity index (χ2v) is 11.2. The maximum atomic E-state index is 13.3. The van der Waals surface area contributed by atoms with Gasteiger partial charge < -0.3 is 42.0 Å². The number of hydrogen-bond acceptors (Lipinski definition) is 9. The third-order valence-corrected chi connectivity index (χ3v) is 7.73. The Bertz CT molecular complexity index is 1480. The minimum atomic E-state index is -1.51. The number of nitrogens with zero attached hydrogens (tertiary/aromatic N) is 1. The fourth-order valence-electron chi connectivity index (χ4n) is 5.08. The summed E-state index contributed by atoms with van der Waals surface area (Å²) in [5.41, 5.74) is 3.35. The quantitative estimate of drug-likeness (QED) is 0.0643. The number of nitrogens with one attached hydrogen (secondary N) is 5. The van der Waals surface area contributed by atoms with Crippen LogP contribution in [0.5, 0.6) is 0 Å². The highest BCUT2D eigenvalue weighted by molar-refractivity contribution is 5.91. The number of benzene rings is 2. The molecule has 3 rings (SSSR count). The molecule has 1 aliphatic heterocycles. The van der Waals surface area contributed by atoms with Gasteiger partial charge in [0.2, 0.25) is 11.8 Å². The Morgan fingerprint density at radius 2 is 1.53 bits per heavy atom. The Labute approximate surface area is 270 Å². The molecule has 0 aromatic heterocycles. The first kappa shape index (κ1) is 36.2. The molecule has 16 nitrogen and oxygen atoms in total. The number of fused-ring (bicyclic) bond motifs is 1. The third kappa shape index (κ3) is 11.9. The van der Waals surface area contributed by atoms with Gasteiger partial charge in [-0.2, -0.15) is 0 Å². The Morgan fingerprint density at radius 1 is 0.851 bits per heavy atom. The van der Waals surface area contributed by atoms with Crippen LogP contribution in [0.15, 0.2) is 47.5 Å². The number of amides is 4. The van der Waals surface area contributed by atoms with E-state index in [-0.39, 0.29) is 44.7 Å². The van der Waals surface area contributed by atoms with Crippen molar-refractivity contribution in [1.29, 1.82) is 0 Å². The van der Waals surface area contributed by atoms with Crippen molar-refractivity contribution in [3.05, 3.63) is 48.0 Å². The van der Waals surface area contributed by atoms with Crippen LogP contribution in [-0.2, 0) is 30.4 Å². The van der Waals surface area contributed by atoms with E-state index < -0.39 is 60.3 Å². The van der Waals surface area contributed by atoms with Crippen LogP contribution in [0, 0.1) is 5.92 Å². The van der Waals surface area contributed by atoms with Crippen LogP contribution in [0.2, 0.25) is 0 Å². The Balaban J connectivity index is 1.55. The first-order chi connectivity index (χ1) is 22.5. The Morgan fingerprint density at radius 3 is 2.15 bits per heavy atom. The highest BCUT2D eigenvalue weighted by atomic mass is 16.4. The van der Waals surface area contributed by atoms with Crippen molar-refractivity contribution < 1.29 is 44.1 Å². The number of urea groups is 1. The van der Waals surface area contributed by atoms with E-state index in [1.54, 1.807) is 0 Å². The van der Waals surface area contributed by atoms with Crippen LogP contribution in [0.25, 0.3) is 10.8 Å². The zero-order valence-corrected chi connectivity index (χ0v) is 25.7. The van der Waals surface area contributed by atoms with Gasteiger partial charge in [-0.15, -0.1) is 0 Å². The van der Waals surface area contributed by atoms with E-state index in [1.165, 1.54) is 0 Å². The number of aliphatic carboxylic acids is 3. The molecule has 0 saturated heterocycles. The zero-order valence-electron chi connectivity index (χ0n) is 25.7. The van der Waals surface area contributed by atoms with Crippen molar-refractivity contribution >= 4 is 52.4 Å². The Hall–Kier alpha value is -5.25. The number of aliphatic imine (C=N–C) groups is 1. The molecule has 1 unspecified atom stereocenters. The maximum absolute atomic E-state index is 13.3. The van der Waals surface area contributed by atoms with Crippen molar-refractivity contribution in [3.8, 4) is 0 Å². The molecule has 1 heterocycles. The van der Waals surface area contributed by atoms with E-state index in [0.717, 1.165) is 16.3 Å². The predicted molar refractivity (Wildman–Crippen MR) is 170 cm³/mol. The van der Waals surface area contributed by atoms with Gasteiger partial charge in [0.25, 0.3) is 0 Å². The van der Waals surface area contributed by atoms with E-state index in [0.29, 0.717) is 25.1 Å². The first-order valence-corrected chi connectivity index (χ1v) is 15.3. The largest absolute Gasteiger partial charge is 0.481 e. The average Bonchev–Trinajstić information content (AvgIpc) is 3.05. The van der Waals surface area contributed by atoms with Crippen molar-refractivity contribution in [2.45, 2.75) is 69.5 Å². The van der Waals surface area contributed by atoms with Gasteiger partial charge in [0.05, 0.1) is 12.5 Å². The van der Waals surface area contributed by atoms with Crippen LogP contribution < -0.4 is 32.5 Å². The van der Waals surface area contributed by atoms with E-state index in [1.807, 2.05) is 42.5 Å². The van der Waals surface area contributed by atoms with Crippen molar-refractivity contribution in [2.75, 3.05) is 13.1 Å². The van der Waals surface area contributed by atoms with Crippen LogP contribution >= 0.6 is 0 Å². The number of carboxylic acid groups (broad SMARTS) is 3. The number of carbonyl (C=O) groups excluding carboxylic acids is 3. The van der Waals surface area contributed by atoms with E-state index in [9.17, 15) is 39.0 Å². The van der Waals surface area contributed by atoms with Crippen molar-refractivity contribution in [2.24, 2.45) is 16.8 Å². The van der Waals surface area contributed by atoms with Gasteiger partial charge in [-0.05, 0) is 48.4 Å². The van der Waals surface area contributed by atoms with Gasteiger partial charge in [-0.3, -0.25) is 19.4 Å². The van der Waals surface area contributed by atoms with Gasteiger partial charge in [0.1, 0.15) is 24.0 Å². The number of rotatable bonds is 17. The number of carbonyl (C=O) groups is 6. The van der Waals surface area contributed by atoms with Crippen LogP contribution in [0.1, 0.15) is 50.5 Å². The van der Waals surface area contributed by atoms with Gasteiger partial charge in [0, 0.05) is 25.8 Å². The molecule has 2 aromatic rings. The lowest BCUT2D eigenvalue weighted by atomic mass is 9.97.